The normalized spacial score (nSPS) is 12.6. The fourth-order valence-electron chi connectivity index (χ4n) is 8.55. The molecule has 0 bridgehead atoms. The van der Waals surface area contributed by atoms with E-state index in [-0.39, 0.29) is 25.2 Å². The van der Waals surface area contributed by atoms with Crippen LogP contribution in [-0.2, 0) is 23.8 Å². The summed E-state index contributed by atoms with van der Waals surface area (Å²) in [7, 11) is 0. The number of hydrogen-bond donors (Lipinski definition) is 0. The molecule has 0 spiro atoms. The largest absolute Gasteiger partial charge is 0.462 e. The highest BCUT2D eigenvalue weighted by Gasteiger charge is 2.17. The van der Waals surface area contributed by atoms with Crippen LogP contribution in [-0.4, -0.2) is 37.9 Å². The van der Waals surface area contributed by atoms with Crippen molar-refractivity contribution in [3.63, 3.8) is 0 Å². The van der Waals surface area contributed by atoms with Crippen LogP contribution in [0.1, 0.15) is 303 Å². The van der Waals surface area contributed by atoms with E-state index in [0.29, 0.717) is 19.4 Å². The Morgan fingerprint density at radius 3 is 1.01 bits per heavy atom. The SMILES string of the molecule is CCCCC/C=C\C/C=C\C/C=C\CCCCCCCCC(=O)OCC(COCCCCCCCCCC/C=C\C/C=C\CCCCC)OC(=O)CCCCCCCCCCCCCCCCC. The molecule has 0 saturated heterocycles. The molecule has 0 radical (unpaired) electrons. The van der Waals surface area contributed by atoms with Gasteiger partial charge in [0.05, 0.1) is 6.61 Å². The molecule has 5 nitrogen and oxygen atoms in total. The van der Waals surface area contributed by atoms with Crippen molar-refractivity contribution >= 4 is 11.9 Å². The molecular weight excluding hydrogens is 837 g/mol. The van der Waals surface area contributed by atoms with Crippen LogP contribution in [0.25, 0.3) is 0 Å². The number of ether oxygens (including phenoxy) is 3. The Morgan fingerprint density at radius 2 is 0.618 bits per heavy atom. The molecule has 0 aromatic rings. The minimum Gasteiger partial charge on any atom is -0.462 e. The van der Waals surface area contributed by atoms with E-state index in [1.165, 1.54) is 199 Å². The molecule has 0 saturated carbocycles. The van der Waals surface area contributed by atoms with Gasteiger partial charge in [0.1, 0.15) is 6.61 Å². The second kappa shape index (κ2) is 58.9. The maximum atomic E-state index is 12.9. The lowest BCUT2D eigenvalue weighted by Gasteiger charge is -2.18. The fraction of sp³-hybridized carbons (Fsp3) is 0.810. The first kappa shape index (κ1) is 65.6. The van der Waals surface area contributed by atoms with Crippen molar-refractivity contribution < 1.29 is 23.8 Å². The van der Waals surface area contributed by atoms with Crippen LogP contribution < -0.4 is 0 Å². The molecule has 0 rings (SSSR count). The Kier molecular flexibility index (Phi) is 56.8. The summed E-state index contributed by atoms with van der Waals surface area (Å²) in [5.74, 6) is -0.400. The standard InChI is InChI=1S/C63H114O5/c1-4-7-10-13-16-19-22-25-28-30-32-33-36-38-41-44-47-50-53-56-62(64)67-60-61(68-63(65)57-54-51-48-45-42-39-35-27-24-21-18-15-12-9-6-3)59-66-58-55-52-49-46-43-40-37-34-31-29-26-23-20-17-14-11-8-5-2/h16-17,19-20,25-26,28-29,32-33,61H,4-15,18,21-24,27,30-31,34-60H2,1-3H3/b19-16-,20-17-,28-25-,29-26-,33-32-. The number of hydrogen-bond acceptors (Lipinski definition) is 5. The molecule has 0 fully saturated rings. The topological polar surface area (TPSA) is 61.8 Å². The van der Waals surface area contributed by atoms with E-state index in [1.54, 1.807) is 0 Å². The number of unbranched alkanes of at least 4 members (excludes halogenated alkanes) is 34. The van der Waals surface area contributed by atoms with Crippen molar-refractivity contribution in [3.8, 4) is 0 Å². The number of carbonyl (C=O) groups excluding carboxylic acids is 2. The van der Waals surface area contributed by atoms with Gasteiger partial charge in [-0.25, -0.2) is 0 Å². The van der Waals surface area contributed by atoms with Gasteiger partial charge in [0.2, 0.25) is 0 Å². The molecule has 0 aromatic heterocycles. The molecule has 0 aliphatic heterocycles. The highest BCUT2D eigenvalue weighted by molar-refractivity contribution is 5.70. The lowest BCUT2D eigenvalue weighted by molar-refractivity contribution is -0.163. The van der Waals surface area contributed by atoms with Crippen molar-refractivity contribution in [2.75, 3.05) is 19.8 Å². The molecule has 0 aliphatic carbocycles. The summed E-state index contributed by atoms with van der Waals surface area (Å²) in [5, 5.41) is 0. The Morgan fingerprint density at radius 1 is 0.324 bits per heavy atom. The van der Waals surface area contributed by atoms with E-state index in [1.807, 2.05) is 0 Å². The predicted molar refractivity (Wildman–Crippen MR) is 298 cm³/mol. The molecule has 0 aliphatic rings. The highest BCUT2D eigenvalue weighted by atomic mass is 16.6. The Hall–Kier alpha value is -2.40. The van der Waals surface area contributed by atoms with Gasteiger partial charge < -0.3 is 14.2 Å². The second-order valence-electron chi connectivity index (χ2n) is 19.9. The minimum absolute atomic E-state index is 0.0783. The average molecular weight is 952 g/mol. The van der Waals surface area contributed by atoms with Crippen molar-refractivity contribution in [2.45, 2.75) is 309 Å². The van der Waals surface area contributed by atoms with Crippen LogP contribution >= 0.6 is 0 Å². The van der Waals surface area contributed by atoms with Crippen LogP contribution in [0, 0.1) is 0 Å². The van der Waals surface area contributed by atoms with E-state index < -0.39 is 6.10 Å². The zero-order valence-corrected chi connectivity index (χ0v) is 45.6. The van der Waals surface area contributed by atoms with E-state index in [4.69, 9.17) is 14.2 Å². The van der Waals surface area contributed by atoms with Crippen molar-refractivity contribution in [1.29, 1.82) is 0 Å². The van der Waals surface area contributed by atoms with Crippen molar-refractivity contribution in [3.05, 3.63) is 60.8 Å². The third-order valence-electron chi connectivity index (χ3n) is 13.0. The number of esters is 2. The number of carbonyl (C=O) groups is 2. The quantitative estimate of drug-likeness (QED) is 0.0345. The smallest absolute Gasteiger partial charge is 0.306 e. The Labute approximate surface area is 424 Å². The van der Waals surface area contributed by atoms with Gasteiger partial charge in [0, 0.05) is 19.4 Å². The zero-order valence-electron chi connectivity index (χ0n) is 45.6. The van der Waals surface area contributed by atoms with Crippen molar-refractivity contribution in [1.82, 2.24) is 0 Å². The summed E-state index contributed by atoms with van der Waals surface area (Å²) >= 11 is 0. The molecule has 0 N–H and O–H groups in total. The summed E-state index contributed by atoms with van der Waals surface area (Å²) < 4.78 is 17.5. The Bertz CT molecular complexity index is 1170. The van der Waals surface area contributed by atoms with Crippen LogP contribution in [0.3, 0.4) is 0 Å². The first-order chi connectivity index (χ1) is 33.6. The number of allylic oxidation sites excluding steroid dienone is 10. The van der Waals surface area contributed by atoms with E-state index in [2.05, 4.69) is 81.5 Å². The third-order valence-corrected chi connectivity index (χ3v) is 13.0. The van der Waals surface area contributed by atoms with Gasteiger partial charge in [-0.05, 0) is 89.9 Å². The van der Waals surface area contributed by atoms with Crippen LogP contribution in [0.4, 0.5) is 0 Å². The predicted octanol–water partition coefficient (Wildman–Crippen LogP) is 20.5. The van der Waals surface area contributed by atoms with E-state index in [0.717, 1.165) is 70.6 Å². The molecule has 68 heavy (non-hydrogen) atoms. The highest BCUT2D eigenvalue weighted by Crippen LogP contribution is 2.16. The van der Waals surface area contributed by atoms with Crippen LogP contribution in [0.5, 0.6) is 0 Å². The minimum atomic E-state index is -0.544. The van der Waals surface area contributed by atoms with Gasteiger partial charge in [0.15, 0.2) is 6.10 Å². The monoisotopic (exact) mass is 951 g/mol. The van der Waals surface area contributed by atoms with Gasteiger partial charge in [-0.15, -0.1) is 0 Å². The Balaban J connectivity index is 4.28. The molecule has 5 heteroatoms. The second-order valence-corrected chi connectivity index (χ2v) is 19.9. The molecule has 1 atom stereocenters. The molecule has 396 valence electrons. The fourth-order valence-corrected chi connectivity index (χ4v) is 8.55. The summed E-state index contributed by atoms with van der Waals surface area (Å²) in [6, 6.07) is 0. The zero-order chi connectivity index (χ0) is 49.2. The van der Waals surface area contributed by atoms with Crippen LogP contribution in [0.2, 0.25) is 0 Å². The molecule has 0 amide bonds. The molecular formula is C63H114O5. The lowest BCUT2D eigenvalue weighted by Crippen LogP contribution is -2.30. The lowest BCUT2D eigenvalue weighted by atomic mass is 10.0. The van der Waals surface area contributed by atoms with Gasteiger partial charge >= 0.3 is 11.9 Å². The third kappa shape index (κ3) is 56.2. The summed E-state index contributed by atoms with van der Waals surface area (Å²) in [6.45, 7) is 7.80. The summed E-state index contributed by atoms with van der Waals surface area (Å²) in [5.41, 5.74) is 0. The van der Waals surface area contributed by atoms with Crippen molar-refractivity contribution in [2.24, 2.45) is 0 Å². The van der Waals surface area contributed by atoms with Gasteiger partial charge in [-0.2, -0.15) is 0 Å². The first-order valence-corrected chi connectivity index (χ1v) is 29.8. The van der Waals surface area contributed by atoms with E-state index >= 15 is 0 Å². The average Bonchev–Trinajstić information content (AvgIpc) is 3.34. The maximum Gasteiger partial charge on any atom is 0.306 e. The van der Waals surface area contributed by atoms with Gasteiger partial charge in [0.25, 0.3) is 0 Å². The molecule has 0 heterocycles. The molecule has 0 aromatic carbocycles. The summed E-state index contributed by atoms with van der Waals surface area (Å²) in [4.78, 5) is 25.5. The number of rotatable bonds is 55. The van der Waals surface area contributed by atoms with Gasteiger partial charge in [-0.3, -0.25) is 9.59 Å². The summed E-state index contributed by atoms with van der Waals surface area (Å²) in [6.07, 6.45) is 75.2. The first-order valence-electron chi connectivity index (χ1n) is 29.8. The van der Waals surface area contributed by atoms with Gasteiger partial charge in [-0.1, -0.05) is 261 Å². The maximum absolute atomic E-state index is 12.9. The van der Waals surface area contributed by atoms with E-state index in [9.17, 15) is 9.59 Å². The molecule has 1 unspecified atom stereocenters. The van der Waals surface area contributed by atoms with Crippen LogP contribution in [0.15, 0.2) is 60.8 Å².